The third-order valence-corrected chi connectivity index (χ3v) is 4.38. The van der Waals surface area contributed by atoms with Gasteiger partial charge in [0, 0.05) is 16.9 Å². The van der Waals surface area contributed by atoms with E-state index in [9.17, 15) is 4.79 Å². The van der Waals surface area contributed by atoms with Crippen molar-refractivity contribution in [2.24, 2.45) is 5.92 Å². The molecule has 0 aliphatic heterocycles. The number of nitriles is 1. The molecule has 3 nitrogen and oxygen atoms in total. The van der Waals surface area contributed by atoms with E-state index in [2.05, 4.69) is 21.2 Å². The lowest BCUT2D eigenvalue weighted by Gasteiger charge is -2.25. The van der Waals surface area contributed by atoms with Gasteiger partial charge in [0.25, 0.3) is 5.91 Å². The Hall–Kier alpha value is -1.34. The molecule has 0 saturated heterocycles. The van der Waals surface area contributed by atoms with Gasteiger partial charge in [-0.05, 0) is 49.4 Å². The summed E-state index contributed by atoms with van der Waals surface area (Å²) in [4.78, 5) is 12.6. The smallest absolute Gasteiger partial charge is 0.251 e. The Bertz CT molecular complexity index is 478. The third-order valence-electron chi connectivity index (χ3n) is 3.55. The molecule has 1 aliphatic rings. The maximum Gasteiger partial charge on any atom is 0.251 e. The molecule has 1 aromatic rings. The van der Waals surface area contributed by atoms with E-state index in [0.29, 0.717) is 21.9 Å². The molecule has 2 rings (SSSR count). The zero-order valence-corrected chi connectivity index (χ0v) is 12.3. The zero-order valence-electron chi connectivity index (χ0n) is 10.7. The molecule has 4 heteroatoms. The van der Waals surface area contributed by atoms with E-state index < -0.39 is 0 Å². The van der Waals surface area contributed by atoms with Crippen LogP contribution in [0.2, 0.25) is 0 Å². The highest BCUT2D eigenvalue weighted by Crippen LogP contribution is 2.28. The first kappa shape index (κ1) is 14.1. The van der Waals surface area contributed by atoms with Crippen molar-refractivity contribution in [3.05, 3.63) is 35.4 Å². The summed E-state index contributed by atoms with van der Waals surface area (Å²) in [6, 6.07) is 8.78. The highest BCUT2D eigenvalue weighted by molar-refractivity contribution is 9.09. The highest BCUT2D eigenvalue weighted by atomic mass is 79.9. The molecule has 0 spiro atoms. The van der Waals surface area contributed by atoms with Gasteiger partial charge in [0.15, 0.2) is 0 Å². The van der Waals surface area contributed by atoms with E-state index >= 15 is 0 Å². The fourth-order valence-corrected chi connectivity index (χ4v) is 3.30. The van der Waals surface area contributed by atoms with Crippen molar-refractivity contribution >= 4 is 21.8 Å². The van der Waals surface area contributed by atoms with Crippen LogP contribution in [0.5, 0.6) is 0 Å². The summed E-state index contributed by atoms with van der Waals surface area (Å²) in [5, 5.41) is 11.7. The van der Waals surface area contributed by atoms with Crippen LogP contribution < -0.4 is 5.32 Å². The minimum absolute atomic E-state index is 0.0545. The largest absolute Gasteiger partial charge is 0.352 e. The van der Waals surface area contributed by atoms with Gasteiger partial charge in [-0.1, -0.05) is 22.4 Å². The number of alkyl halides is 1. The van der Waals surface area contributed by atoms with E-state index in [-0.39, 0.29) is 5.91 Å². The number of halogens is 1. The van der Waals surface area contributed by atoms with Crippen LogP contribution in [0.15, 0.2) is 24.3 Å². The molecule has 1 saturated carbocycles. The molecule has 1 fully saturated rings. The van der Waals surface area contributed by atoms with Crippen molar-refractivity contribution < 1.29 is 4.79 Å². The molecule has 2 unspecified atom stereocenters. The molecule has 19 heavy (non-hydrogen) atoms. The number of carbonyl (C=O) groups is 1. The van der Waals surface area contributed by atoms with Crippen molar-refractivity contribution in [1.29, 1.82) is 5.26 Å². The topological polar surface area (TPSA) is 52.9 Å². The van der Waals surface area contributed by atoms with Gasteiger partial charge in [-0.25, -0.2) is 0 Å². The maximum atomic E-state index is 12.0. The van der Waals surface area contributed by atoms with E-state index in [1.54, 1.807) is 24.3 Å². The second-order valence-corrected chi connectivity index (χ2v) is 6.32. The first-order chi connectivity index (χ1) is 9.19. The Morgan fingerprint density at radius 3 is 2.74 bits per heavy atom. The van der Waals surface area contributed by atoms with E-state index in [1.165, 1.54) is 19.3 Å². The van der Waals surface area contributed by atoms with Gasteiger partial charge in [-0.3, -0.25) is 4.79 Å². The van der Waals surface area contributed by atoms with Gasteiger partial charge >= 0.3 is 0 Å². The molecule has 1 aromatic carbocycles. The molecular weight excluding hydrogens is 304 g/mol. The predicted molar refractivity (Wildman–Crippen MR) is 78.2 cm³/mol. The second kappa shape index (κ2) is 6.72. The Balaban J connectivity index is 1.85. The third kappa shape index (κ3) is 4.07. The van der Waals surface area contributed by atoms with Crippen molar-refractivity contribution in [2.45, 2.75) is 30.5 Å². The van der Waals surface area contributed by atoms with Gasteiger partial charge in [-0.15, -0.1) is 0 Å². The summed E-state index contributed by atoms with van der Waals surface area (Å²) in [6.45, 7) is 0.737. The lowest BCUT2D eigenvalue weighted by atomic mass is 9.89. The molecule has 100 valence electrons. The van der Waals surface area contributed by atoms with Crippen LogP contribution in [0.25, 0.3) is 0 Å². The fourth-order valence-electron chi connectivity index (χ4n) is 2.45. The molecule has 2 atom stereocenters. The molecule has 0 bridgehead atoms. The monoisotopic (exact) mass is 320 g/mol. The van der Waals surface area contributed by atoms with Crippen LogP contribution in [0, 0.1) is 17.2 Å². The Morgan fingerprint density at radius 1 is 1.37 bits per heavy atom. The summed E-state index contributed by atoms with van der Waals surface area (Å²) in [6.07, 6.45) is 4.79. The quantitative estimate of drug-likeness (QED) is 0.869. The van der Waals surface area contributed by atoms with Gasteiger partial charge in [0.1, 0.15) is 0 Å². The molecule has 0 aromatic heterocycles. The number of hydrogen-bond donors (Lipinski definition) is 1. The maximum absolute atomic E-state index is 12.0. The lowest BCUT2D eigenvalue weighted by molar-refractivity contribution is 0.0944. The van der Waals surface area contributed by atoms with E-state index in [4.69, 9.17) is 5.26 Å². The number of hydrogen-bond acceptors (Lipinski definition) is 2. The van der Waals surface area contributed by atoms with Crippen LogP contribution in [0.3, 0.4) is 0 Å². The van der Waals surface area contributed by atoms with Crippen LogP contribution >= 0.6 is 15.9 Å². The normalized spacial score (nSPS) is 22.5. The number of benzene rings is 1. The second-order valence-electron chi connectivity index (χ2n) is 5.03. The molecule has 1 N–H and O–H groups in total. The Kier molecular flexibility index (Phi) is 4.98. The zero-order chi connectivity index (χ0) is 13.7. The van der Waals surface area contributed by atoms with Crippen molar-refractivity contribution in [1.82, 2.24) is 5.32 Å². The van der Waals surface area contributed by atoms with Gasteiger partial charge in [0.05, 0.1) is 11.6 Å². The number of amides is 1. The van der Waals surface area contributed by atoms with Crippen LogP contribution in [0.4, 0.5) is 0 Å². The minimum atomic E-state index is -0.0545. The summed E-state index contributed by atoms with van der Waals surface area (Å²) in [5.41, 5.74) is 1.19. The molecule has 0 radical (unpaired) electrons. The van der Waals surface area contributed by atoms with Gasteiger partial charge in [0.2, 0.25) is 0 Å². The first-order valence-electron chi connectivity index (χ1n) is 6.61. The van der Waals surface area contributed by atoms with Crippen LogP contribution in [-0.2, 0) is 0 Å². The van der Waals surface area contributed by atoms with E-state index in [1.807, 2.05) is 6.07 Å². The summed E-state index contributed by atoms with van der Waals surface area (Å²) in [7, 11) is 0. The van der Waals surface area contributed by atoms with Crippen molar-refractivity contribution in [3.63, 3.8) is 0 Å². The fraction of sp³-hybridized carbons (Fsp3) is 0.467. The van der Waals surface area contributed by atoms with Crippen LogP contribution in [0.1, 0.15) is 41.6 Å². The predicted octanol–water partition coefficient (Wildman–Crippen LogP) is 3.24. The SMILES string of the molecule is N#Cc1ccc(C(=O)NCC2CCCC(Br)C2)cc1. The van der Waals surface area contributed by atoms with Crippen molar-refractivity contribution in [3.8, 4) is 6.07 Å². The molecule has 1 aliphatic carbocycles. The number of rotatable bonds is 3. The molecule has 0 heterocycles. The number of nitrogens with one attached hydrogen (secondary N) is 1. The van der Waals surface area contributed by atoms with Gasteiger partial charge in [-0.2, -0.15) is 5.26 Å². The number of carbonyl (C=O) groups excluding carboxylic acids is 1. The first-order valence-corrected chi connectivity index (χ1v) is 7.53. The lowest BCUT2D eigenvalue weighted by Crippen LogP contribution is -2.31. The van der Waals surface area contributed by atoms with E-state index in [0.717, 1.165) is 13.0 Å². The van der Waals surface area contributed by atoms with Crippen LogP contribution in [-0.4, -0.2) is 17.3 Å². The van der Waals surface area contributed by atoms with Crippen molar-refractivity contribution in [2.75, 3.05) is 6.54 Å². The Morgan fingerprint density at radius 2 is 2.11 bits per heavy atom. The Labute approximate surface area is 122 Å². The summed E-state index contributed by atoms with van der Waals surface area (Å²) in [5.74, 6) is 0.515. The molecular formula is C15H17BrN2O. The minimum Gasteiger partial charge on any atom is -0.352 e. The average Bonchev–Trinajstić information content (AvgIpc) is 2.45. The highest BCUT2D eigenvalue weighted by Gasteiger charge is 2.20. The molecule has 1 amide bonds. The number of nitrogens with zero attached hydrogens (tertiary/aromatic N) is 1. The average molecular weight is 321 g/mol. The standard InChI is InChI=1S/C15H17BrN2O/c16-14-3-1-2-12(8-14)10-18-15(19)13-6-4-11(9-17)5-7-13/h4-7,12,14H,1-3,8,10H2,(H,18,19). The summed E-state index contributed by atoms with van der Waals surface area (Å²) >= 11 is 3.65. The van der Waals surface area contributed by atoms with Gasteiger partial charge < -0.3 is 5.32 Å². The summed E-state index contributed by atoms with van der Waals surface area (Å²) < 4.78 is 0.